The van der Waals surface area contributed by atoms with E-state index < -0.39 is 0 Å². The summed E-state index contributed by atoms with van der Waals surface area (Å²) < 4.78 is 0. The molecule has 25 heavy (non-hydrogen) atoms. The summed E-state index contributed by atoms with van der Waals surface area (Å²) in [5, 5.41) is 10.1. The molecule has 0 spiro atoms. The van der Waals surface area contributed by atoms with Crippen LogP contribution in [0.15, 0.2) is 30.3 Å². The zero-order chi connectivity index (χ0) is 16.2. The Morgan fingerprint density at radius 1 is 0.880 bits per heavy atom. The third-order valence-electron chi connectivity index (χ3n) is 4.44. The molecular formula is C19H33Cl2N3O. The number of unbranched alkanes of at least 4 members (excludes halogenated alkanes) is 1. The number of hydrogen-bond acceptors (Lipinski definition) is 3. The first-order valence-corrected chi connectivity index (χ1v) is 9.13. The van der Waals surface area contributed by atoms with Gasteiger partial charge in [-0.1, -0.05) is 37.5 Å². The Labute approximate surface area is 164 Å². The van der Waals surface area contributed by atoms with Crippen LogP contribution >= 0.6 is 24.8 Å². The molecule has 0 atom stereocenters. The monoisotopic (exact) mass is 389 g/mol. The van der Waals surface area contributed by atoms with Crippen LogP contribution in [-0.2, 0) is 0 Å². The van der Waals surface area contributed by atoms with Gasteiger partial charge in [0.1, 0.15) is 0 Å². The van der Waals surface area contributed by atoms with Crippen molar-refractivity contribution in [2.75, 3.05) is 26.2 Å². The van der Waals surface area contributed by atoms with Gasteiger partial charge >= 0.3 is 0 Å². The molecule has 0 radical (unpaired) electrons. The summed E-state index contributed by atoms with van der Waals surface area (Å²) in [7, 11) is 0. The van der Waals surface area contributed by atoms with Crippen molar-refractivity contribution in [2.24, 2.45) is 0 Å². The molecule has 2 rings (SSSR count). The number of carbonyl (C=O) groups is 1. The number of halogens is 2. The van der Waals surface area contributed by atoms with E-state index in [4.69, 9.17) is 0 Å². The summed E-state index contributed by atoms with van der Waals surface area (Å²) in [6, 6.07) is 10.1. The van der Waals surface area contributed by atoms with Crippen LogP contribution in [0.3, 0.4) is 0 Å². The van der Waals surface area contributed by atoms with Crippen molar-refractivity contribution in [1.29, 1.82) is 0 Å². The maximum absolute atomic E-state index is 11.8. The highest BCUT2D eigenvalue weighted by Crippen LogP contribution is 2.16. The second-order valence-corrected chi connectivity index (χ2v) is 6.37. The summed E-state index contributed by atoms with van der Waals surface area (Å²) >= 11 is 0. The van der Waals surface area contributed by atoms with Gasteiger partial charge < -0.3 is 16.0 Å². The van der Waals surface area contributed by atoms with Crippen LogP contribution in [-0.4, -0.2) is 38.1 Å². The molecule has 0 bridgehead atoms. The van der Waals surface area contributed by atoms with E-state index in [0.29, 0.717) is 0 Å². The Balaban J connectivity index is 0.00000288. The molecule has 1 amide bonds. The fourth-order valence-corrected chi connectivity index (χ4v) is 3.06. The van der Waals surface area contributed by atoms with Crippen LogP contribution < -0.4 is 16.0 Å². The second-order valence-electron chi connectivity index (χ2n) is 6.37. The maximum atomic E-state index is 11.8. The third-order valence-corrected chi connectivity index (χ3v) is 4.44. The van der Waals surface area contributed by atoms with E-state index in [2.05, 4.69) is 16.0 Å². The third kappa shape index (κ3) is 10.7. The van der Waals surface area contributed by atoms with Crippen LogP contribution in [0.5, 0.6) is 0 Å². The predicted molar refractivity (Wildman–Crippen MR) is 110 cm³/mol. The maximum Gasteiger partial charge on any atom is 0.251 e. The van der Waals surface area contributed by atoms with Gasteiger partial charge in [0.25, 0.3) is 5.91 Å². The van der Waals surface area contributed by atoms with Crippen molar-refractivity contribution < 1.29 is 4.79 Å². The average molecular weight is 390 g/mol. The number of benzene rings is 1. The van der Waals surface area contributed by atoms with Crippen molar-refractivity contribution in [2.45, 2.75) is 51.0 Å². The van der Waals surface area contributed by atoms with Gasteiger partial charge in [-0.2, -0.15) is 0 Å². The van der Waals surface area contributed by atoms with Crippen LogP contribution in [0, 0.1) is 0 Å². The van der Waals surface area contributed by atoms with Gasteiger partial charge in [0, 0.05) is 31.2 Å². The van der Waals surface area contributed by atoms with Crippen molar-refractivity contribution in [1.82, 2.24) is 16.0 Å². The highest BCUT2D eigenvalue weighted by atomic mass is 35.5. The van der Waals surface area contributed by atoms with Crippen molar-refractivity contribution in [3.8, 4) is 0 Å². The van der Waals surface area contributed by atoms with E-state index in [1.54, 1.807) is 0 Å². The largest absolute Gasteiger partial charge is 0.352 e. The average Bonchev–Trinajstić information content (AvgIpc) is 2.61. The molecule has 1 aliphatic rings. The topological polar surface area (TPSA) is 53.2 Å². The molecule has 6 heteroatoms. The normalized spacial score (nSPS) is 14.2. The molecule has 1 saturated carbocycles. The number of rotatable bonds is 10. The highest BCUT2D eigenvalue weighted by molar-refractivity contribution is 5.94. The minimum atomic E-state index is 0. The molecule has 0 unspecified atom stereocenters. The Morgan fingerprint density at radius 2 is 1.56 bits per heavy atom. The van der Waals surface area contributed by atoms with Gasteiger partial charge in [0.2, 0.25) is 0 Å². The molecule has 1 aromatic rings. The van der Waals surface area contributed by atoms with E-state index in [1.807, 2.05) is 30.3 Å². The fraction of sp³-hybridized carbons (Fsp3) is 0.632. The van der Waals surface area contributed by atoms with E-state index >= 15 is 0 Å². The van der Waals surface area contributed by atoms with Gasteiger partial charge in [0.15, 0.2) is 0 Å². The van der Waals surface area contributed by atoms with Gasteiger partial charge in [-0.25, -0.2) is 0 Å². The molecule has 1 fully saturated rings. The van der Waals surface area contributed by atoms with E-state index in [9.17, 15) is 4.79 Å². The van der Waals surface area contributed by atoms with Crippen LogP contribution in [0.1, 0.15) is 55.3 Å². The first kappa shape index (κ1) is 24.2. The van der Waals surface area contributed by atoms with Crippen molar-refractivity contribution >= 4 is 30.7 Å². The lowest BCUT2D eigenvalue weighted by Gasteiger charge is -2.22. The lowest BCUT2D eigenvalue weighted by Crippen LogP contribution is -2.36. The molecule has 1 aromatic carbocycles. The minimum Gasteiger partial charge on any atom is -0.352 e. The number of hydrogen-bond donors (Lipinski definition) is 3. The predicted octanol–water partition coefficient (Wildman–Crippen LogP) is 3.55. The summed E-state index contributed by atoms with van der Waals surface area (Å²) in [6.07, 6.45) is 9.00. The first-order chi connectivity index (χ1) is 11.4. The molecule has 0 aromatic heterocycles. The summed E-state index contributed by atoms with van der Waals surface area (Å²) in [6.45, 7) is 3.87. The van der Waals surface area contributed by atoms with Crippen LogP contribution in [0.25, 0.3) is 0 Å². The van der Waals surface area contributed by atoms with Gasteiger partial charge in [-0.15, -0.1) is 24.8 Å². The zero-order valence-electron chi connectivity index (χ0n) is 15.0. The SMILES string of the molecule is Cl.Cl.O=C(NCCCCNCCNC1CCCCC1)c1ccccc1. The number of amides is 1. The van der Waals surface area contributed by atoms with Crippen LogP contribution in [0.4, 0.5) is 0 Å². The van der Waals surface area contributed by atoms with E-state index in [1.165, 1.54) is 32.1 Å². The lowest BCUT2D eigenvalue weighted by molar-refractivity contribution is 0.0953. The zero-order valence-corrected chi connectivity index (χ0v) is 16.6. The van der Waals surface area contributed by atoms with Gasteiger partial charge in [0.05, 0.1) is 0 Å². The second kappa shape index (κ2) is 15.4. The smallest absolute Gasteiger partial charge is 0.251 e. The molecule has 0 saturated heterocycles. The Hall–Kier alpha value is -0.810. The molecule has 4 nitrogen and oxygen atoms in total. The molecular weight excluding hydrogens is 357 g/mol. The highest BCUT2D eigenvalue weighted by Gasteiger charge is 2.11. The molecule has 3 N–H and O–H groups in total. The molecule has 144 valence electrons. The van der Waals surface area contributed by atoms with E-state index in [-0.39, 0.29) is 30.7 Å². The Kier molecular flexibility index (Phi) is 14.9. The fourth-order valence-electron chi connectivity index (χ4n) is 3.06. The van der Waals surface area contributed by atoms with Crippen molar-refractivity contribution in [3.63, 3.8) is 0 Å². The summed E-state index contributed by atoms with van der Waals surface area (Å²) in [5.74, 6) is 0.0234. The summed E-state index contributed by atoms with van der Waals surface area (Å²) in [5.41, 5.74) is 0.736. The minimum absolute atomic E-state index is 0. The molecule has 0 heterocycles. The van der Waals surface area contributed by atoms with Gasteiger partial charge in [-0.05, 0) is 44.4 Å². The Bertz CT molecular complexity index is 440. The Morgan fingerprint density at radius 3 is 2.28 bits per heavy atom. The molecule has 1 aliphatic carbocycles. The molecule has 0 aliphatic heterocycles. The van der Waals surface area contributed by atoms with E-state index in [0.717, 1.165) is 50.6 Å². The lowest BCUT2D eigenvalue weighted by atomic mass is 9.95. The quantitative estimate of drug-likeness (QED) is 0.536. The van der Waals surface area contributed by atoms with Gasteiger partial charge in [-0.3, -0.25) is 4.79 Å². The summed E-state index contributed by atoms with van der Waals surface area (Å²) in [4.78, 5) is 11.8. The number of carbonyl (C=O) groups excluding carboxylic acids is 1. The standard InChI is InChI=1S/C19H31N3O.2ClH/c23-19(17-9-3-1-4-10-17)22-14-8-7-13-20-15-16-21-18-11-5-2-6-12-18;;/h1,3-4,9-10,18,20-21H,2,5-8,11-16H2,(H,22,23);2*1H. The van der Waals surface area contributed by atoms with Crippen LogP contribution in [0.2, 0.25) is 0 Å². The van der Waals surface area contributed by atoms with Crippen molar-refractivity contribution in [3.05, 3.63) is 35.9 Å². The first-order valence-electron chi connectivity index (χ1n) is 9.13. The number of nitrogens with one attached hydrogen (secondary N) is 3.